The van der Waals surface area contributed by atoms with Crippen molar-refractivity contribution in [3.8, 4) is 17.2 Å². The average Bonchev–Trinajstić information content (AvgIpc) is 3.15. The van der Waals surface area contributed by atoms with Crippen molar-refractivity contribution in [1.82, 2.24) is 19.7 Å². The molecule has 0 bridgehead atoms. The van der Waals surface area contributed by atoms with Gasteiger partial charge in [-0.1, -0.05) is 47.6 Å². The van der Waals surface area contributed by atoms with Gasteiger partial charge in [-0.3, -0.25) is 4.79 Å². The molecule has 8 nitrogen and oxygen atoms in total. The van der Waals surface area contributed by atoms with Crippen LogP contribution in [0.1, 0.15) is 11.4 Å². The molecule has 0 aliphatic heterocycles. The average molecular weight is 477 g/mol. The summed E-state index contributed by atoms with van der Waals surface area (Å²) in [4.78, 5) is 14.3. The molecule has 1 heterocycles. The van der Waals surface area contributed by atoms with Gasteiger partial charge >= 0.3 is 0 Å². The first-order valence-corrected chi connectivity index (χ1v) is 11.1. The number of carbonyl (C=O) groups excluding carboxylic acids is 1. The molecular formula is C22H25ClN4O4S. The van der Waals surface area contributed by atoms with E-state index in [0.717, 1.165) is 5.56 Å². The predicted octanol–water partition coefficient (Wildman–Crippen LogP) is 3.82. The van der Waals surface area contributed by atoms with Gasteiger partial charge in [0.05, 0.1) is 25.0 Å². The minimum Gasteiger partial charge on any atom is -0.493 e. The van der Waals surface area contributed by atoms with Crippen LogP contribution in [0.15, 0.2) is 47.6 Å². The lowest BCUT2D eigenvalue weighted by Gasteiger charge is -2.19. The van der Waals surface area contributed by atoms with E-state index in [4.69, 9.17) is 25.8 Å². The lowest BCUT2D eigenvalue weighted by molar-refractivity contribution is -0.127. The SMILES string of the molecule is COc1cccc(CN(C)C(=O)CSc2nnc(COc3ccccc3Cl)n2C)c1OC. The molecule has 1 aromatic heterocycles. The Morgan fingerprint density at radius 2 is 1.84 bits per heavy atom. The van der Waals surface area contributed by atoms with Crippen LogP contribution in [-0.2, 0) is 25.0 Å². The summed E-state index contributed by atoms with van der Waals surface area (Å²) in [7, 11) is 6.76. The minimum atomic E-state index is -0.0447. The van der Waals surface area contributed by atoms with Crippen molar-refractivity contribution in [2.45, 2.75) is 18.3 Å². The molecule has 0 saturated carbocycles. The largest absolute Gasteiger partial charge is 0.493 e. The zero-order chi connectivity index (χ0) is 23.1. The van der Waals surface area contributed by atoms with Crippen LogP contribution in [0.25, 0.3) is 0 Å². The predicted molar refractivity (Wildman–Crippen MR) is 124 cm³/mol. The van der Waals surface area contributed by atoms with Gasteiger partial charge in [-0.2, -0.15) is 0 Å². The molecule has 0 unspecified atom stereocenters. The second-order valence-corrected chi connectivity index (χ2v) is 8.22. The number of benzene rings is 2. The summed E-state index contributed by atoms with van der Waals surface area (Å²) < 4.78 is 18.3. The third kappa shape index (κ3) is 5.66. The summed E-state index contributed by atoms with van der Waals surface area (Å²) >= 11 is 7.43. The lowest BCUT2D eigenvalue weighted by Crippen LogP contribution is -2.28. The molecule has 0 radical (unpaired) electrons. The molecule has 32 heavy (non-hydrogen) atoms. The molecule has 0 fully saturated rings. The standard InChI is InChI=1S/C22H25ClN4O4S/c1-26(12-15-8-7-11-18(29-3)21(15)30-4)20(28)14-32-22-25-24-19(27(22)2)13-31-17-10-6-5-9-16(17)23/h5-11H,12-14H2,1-4H3. The minimum absolute atomic E-state index is 0.0447. The van der Waals surface area contributed by atoms with Gasteiger partial charge in [-0.25, -0.2) is 0 Å². The fraction of sp³-hybridized carbons (Fsp3) is 0.318. The molecular weight excluding hydrogens is 452 g/mol. The smallest absolute Gasteiger partial charge is 0.233 e. The van der Waals surface area contributed by atoms with Gasteiger partial charge in [0.2, 0.25) is 5.91 Å². The Bertz CT molecular complexity index is 1080. The molecule has 170 valence electrons. The summed E-state index contributed by atoms with van der Waals surface area (Å²) in [5, 5.41) is 9.49. The van der Waals surface area contributed by atoms with Crippen molar-refractivity contribution >= 4 is 29.3 Å². The van der Waals surface area contributed by atoms with Gasteiger partial charge in [-0.05, 0) is 18.2 Å². The van der Waals surface area contributed by atoms with Gasteiger partial charge in [-0.15, -0.1) is 10.2 Å². The van der Waals surface area contributed by atoms with E-state index in [1.165, 1.54) is 11.8 Å². The highest BCUT2D eigenvalue weighted by atomic mass is 35.5. The summed E-state index contributed by atoms with van der Waals surface area (Å²) in [5.74, 6) is 2.65. The van der Waals surface area contributed by atoms with Crippen LogP contribution in [0.4, 0.5) is 0 Å². The maximum absolute atomic E-state index is 12.7. The van der Waals surface area contributed by atoms with Crippen molar-refractivity contribution in [2.75, 3.05) is 27.0 Å². The molecule has 1 amide bonds. The molecule has 10 heteroatoms. The number of methoxy groups -OCH3 is 2. The number of amides is 1. The molecule has 0 spiro atoms. The molecule has 0 aliphatic rings. The third-order valence-corrected chi connectivity index (χ3v) is 6.08. The van der Waals surface area contributed by atoms with Crippen LogP contribution >= 0.6 is 23.4 Å². The van der Waals surface area contributed by atoms with E-state index >= 15 is 0 Å². The van der Waals surface area contributed by atoms with Crippen molar-refractivity contribution in [2.24, 2.45) is 7.05 Å². The van der Waals surface area contributed by atoms with E-state index in [0.29, 0.717) is 39.8 Å². The highest BCUT2D eigenvalue weighted by molar-refractivity contribution is 7.99. The molecule has 0 saturated heterocycles. The molecule has 0 atom stereocenters. The molecule has 3 rings (SSSR count). The first-order chi connectivity index (χ1) is 15.4. The van der Waals surface area contributed by atoms with Crippen LogP contribution in [0.2, 0.25) is 5.02 Å². The normalized spacial score (nSPS) is 10.7. The molecule has 2 aromatic carbocycles. The second-order valence-electron chi connectivity index (χ2n) is 6.87. The number of carbonyl (C=O) groups is 1. The maximum atomic E-state index is 12.7. The summed E-state index contributed by atoms with van der Waals surface area (Å²) in [6.45, 7) is 0.618. The highest BCUT2D eigenvalue weighted by Crippen LogP contribution is 2.31. The summed E-state index contributed by atoms with van der Waals surface area (Å²) in [5.41, 5.74) is 0.866. The Balaban J connectivity index is 1.56. The second kappa shape index (κ2) is 11.1. The number of aromatic nitrogens is 3. The van der Waals surface area contributed by atoms with E-state index in [-0.39, 0.29) is 18.3 Å². The zero-order valence-corrected chi connectivity index (χ0v) is 19.9. The van der Waals surface area contributed by atoms with E-state index in [9.17, 15) is 4.79 Å². The number of thioether (sulfide) groups is 1. The number of ether oxygens (including phenoxy) is 3. The molecule has 0 N–H and O–H groups in total. The maximum Gasteiger partial charge on any atom is 0.233 e. The number of nitrogens with zero attached hydrogens (tertiary/aromatic N) is 4. The Morgan fingerprint density at radius 3 is 2.56 bits per heavy atom. The van der Waals surface area contributed by atoms with Crippen LogP contribution in [0.5, 0.6) is 17.2 Å². The number of para-hydroxylation sites is 2. The Hall–Kier alpha value is -2.91. The number of halogens is 1. The first-order valence-electron chi connectivity index (χ1n) is 9.76. The first kappa shape index (κ1) is 23.7. The van der Waals surface area contributed by atoms with Gasteiger partial charge in [0.15, 0.2) is 22.5 Å². The van der Waals surface area contributed by atoms with Crippen LogP contribution < -0.4 is 14.2 Å². The van der Waals surface area contributed by atoms with Crippen molar-refractivity contribution < 1.29 is 19.0 Å². The van der Waals surface area contributed by atoms with Crippen LogP contribution in [0, 0.1) is 0 Å². The fourth-order valence-electron chi connectivity index (χ4n) is 2.96. The van der Waals surface area contributed by atoms with E-state index in [2.05, 4.69) is 10.2 Å². The monoisotopic (exact) mass is 476 g/mol. The van der Waals surface area contributed by atoms with Crippen LogP contribution in [0.3, 0.4) is 0 Å². The number of hydrogen-bond donors (Lipinski definition) is 0. The quantitative estimate of drug-likeness (QED) is 0.411. The fourth-order valence-corrected chi connectivity index (χ4v) is 4.02. The highest BCUT2D eigenvalue weighted by Gasteiger charge is 2.17. The summed E-state index contributed by atoms with van der Waals surface area (Å²) in [6, 6.07) is 12.8. The summed E-state index contributed by atoms with van der Waals surface area (Å²) in [6.07, 6.45) is 0. The van der Waals surface area contributed by atoms with Gasteiger partial charge < -0.3 is 23.7 Å². The van der Waals surface area contributed by atoms with Gasteiger partial charge in [0.25, 0.3) is 0 Å². The van der Waals surface area contributed by atoms with Crippen molar-refractivity contribution in [1.29, 1.82) is 0 Å². The van der Waals surface area contributed by atoms with E-state index in [1.807, 2.05) is 37.4 Å². The Kier molecular flexibility index (Phi) is 8.24. The number of hydrogen-bond acceptors (Lipinski definition) is 7. The molecule has 0 aliphatic carbocycles. The van der Waals surface area contributed by atoms with Gasteiger partial charge in [0, 0.05) is 26.2 Å². The van der Waals surface area contributed by atoms with Crippen molar-refractivity contribution in [3.63, 3.8) is 0 Å². The third-order valence-electron chi connectivity index (χ3n) is 4.76. The van der Waals surface area contributed by atoms with Crippen LogP contribution in [-0.4, -0.2) is 52.6 Å². The Labute approximate surface area is 196 Å². The van der Waals surface area contributed by atoms with Gasteiger partial charge in [0.1, 0.15) is 12.4 Å². The molecule has 3 aromatic rings. The Morgan fingerprint density at radius 1 is 1.09 bits per heavy atom. The number of rotatable bonds is 10. The van der Waals surface area contributed by atoms with Crippen molar-refractivity contribution in [3.05, 3.63) is 58.9 Å². The topological polar surface area (TPSA) is 78.7 Å². The van der Waals surface area contributed by atoms with E-state index < -0.39 is 0 Å². The lowest BCUT2D eigenvalue weighted by atomic mass is 10.1. The van der Waals surface area contributed by atoms with E-state index in [1.54, 1.807) is 42.9 Å². The zero-order valence-electron chi connectivity index (χ0n) is 18.4.